The summed E-state index contributed by atoms with van der Waals surface area (Å²) in [4.78, 5) is 12.0. The second-order valence-electron chi connectivity index (χ2n) is 5.94. The zero-order valence-electron chi connectivity index (χ0n) is 12.3. The van der Waals surface area contributed by atoms with Gasteiger partial charge in [-0.2, -0.15) is 0 Å². The average molecular weight is 242 g/mol. The molecule has 0 saturated heterocycles. The Hall–Kier alpha value is -0.570. The van der Waals surface area contributed by atoms with E-state index in [4.69, 9.17) is 5.73 Å². The maximum absolute atomic E-state index is 12.0. The van der Waals surface area contributed by atoms with Crippen molar-refractivity contribution in [1.29, 1.82) is 0 Å². The first kappa shape index (κ1) is 16.4. The summed E-state index contributed by atoms with van der Waals surface area (Å²) in [6.07, 6.45) is 1.66. The molecule has 0 aliphatic carbocycles. The molecule has 0 aliphatic heterocycles. The van der Waals surface area contributed by atoms with E-state index >= 15 is 0 Å². The van der Waals surface area contributed by atoms with Gasteiger partial charge in [-0.05, 0) is 24.7 Å². The molecule has 2 atom stereocenters. The lowest BCUT2D eigenvalue weighted by molar-refractivity contribution is -0.124. The minimum Gasteiger partial charge on any atom is -0.349 e. The van der Waals surface area contributed by atoms with Crippen LogP contribution in [0.1, 0.15) is 54.4 Å². The van der Waals surface area contributed by atoms with Crippen LogP contribution in [0, 0.1) is 17.8 Å². The molecule has 0 heterocycles. The molecule has 0 radical (unpaired) electrons. The highest BCUT2D eigenvalue weighted by Gasteiger charge is 2.29. The van der Waals surface area contributed by atoms with E-state index in [1.54, 1.807) is 0 Å². The summed E-state index contributed by atoms with van der Waals surface area (Å²) in [6.45, 7) is 13.2. The van der Waals surface area contributed by atoms with Crippen LogP contribution < -0.4 is 11.1 Å². The van der Waals surface area contributed by atoms with Crippen molar-refractivity contribution < 1.29 is 4.79 Å². The van der Waals surface area contributed by atoms with Crippen LogP contribution in [0.25, 0.3) is 0 Å². The molecule has 3 nitrogen and oxygen atoms in total. The topological polar surface area (TPSA) is 55.1 Å². The van der Waals surface area contributed by atoms with E-state index in [1.807, 2.05) is 6.92 Å². The summed E-state index contributed by atoms with van der Waals surface area (Å²) >= 11 is 0. The van der Waals surface area contributed by atoms with Crippen LogP contribution in [0.4, 0.5) is 0 Å². The number of rotatable bonds is 7. The van der Waals surface area contributed by atoms with Crippen molar-refractivity contribution in [3.63, 3.8) is 0 Å². The smallest absolute Gasteiger partial charge is 0.220 e. The molecule has 0 fully saturated rings. The molecule has 1 amide bonds. The summed E-state index contributed by atoms with van der Waals surface area (Å²) in [6, 6.07) is 0. The monoisotopic (exact) mass is 242 g/mol. The molecule has 17 heavy (non-hydrogen) atoms. The molecule has 0 saturated carbocycles. The van der Waals surface area contributed by atoms with E-state index < -0.39 is 0 Å². The summed E-state index contributed by atoms with van der Waals surface area (Å²) in [7, 11) is 0. The maximum atomic E-state index is 12.0. The fraction of sp³-hybridized carbons (Fsp3) is 0.929. The molecule has 0 rings (SSSR count). The van der Waals surface area contributed by atoms with Crippen molar-refractivity contribution in [1.82, 2.24) is 5.32 Å². The van der Waals surface area contributed by atoms with E-state index in [0.29, 0.717) is 30.7 Å². The largest absolute Gasteiger partial charge is 0.349 e. The number of carbonyl (C=O) groups excluding carboxylic acids is 1. The van der Waals surface area contributed by atoms with Crippen molar-refractivity contribution in [3.05, 3.63) is 0 Å². The highest BCUT2D eigenvalue weighted by atomic mass is 16.1. The second kappa shape index (κ2) is 7.00. The number of nitrogens with two attached hydrogens (primary N) is 1. The van der Waals surface area contributed by atoms with Crippen LogP contribution in [-0.4, -0.2) is 18.0 Å². The molecule has 3 N–H and O–H groups in total. The SMILES string of the molecule is CCC(CC(=O)NC(C)(CN)C(C)C)C(C)C. The van der Waals surface area contributed by atoms with Gasteiger partial charge in [-0.15, -0.1) is 0 Å². The summed E-state index contributed by atoms with van der Waals surface area (Å²) in [5, 5.41) is 3.10. The first-order chi connectivity index (χ1) is 7.76. The van der Waals surface area contributed by atoms with Crippen molar-refractivity contribution in [2.45, 2.75) is 59.9 Å². The standard InChI is InChI=1S/C14H30N2O/c1-7-12(10(2)3)8-13(17)16-14(6,9-15)11(4)5/h10-12H,7-9,15H2,1-6H3,(H,16,17). The molecule has 0 aliphatic rings. The lowest BCUT2D eigenvalue weighted by Gasteiger charge is -2.34. The van der Waals surface area contributed by atoms with E-state index in [0.717, 1.165) is 6.42 Å². The minimum absolute atomic E-state index is 0.132. The number of amides is 1. The van der Waals surface area contributed by atoms with E-state index in [1.165, 1.54) is 0 Å². The average Bonchev–Trinajstić information content (AvgIpc) is 2.24. The molecule has 0 aromatic carbocycles. The van der Waals surface area contributed by atoms with Gasteiger partial charge in [-0.1, -0.05) is 41.0 Å². The van der Waals surface area contributed by atoms with E-state index in [9.17, 15) is 4.79 Å². The quantitative estimate of drug-likeness (QED) is 0.721. The fourth-order valence-electron chi connectivity index (χ4n) is 1.89. The second-order valence-corrected chi connectivity index (χ2v) is 5.94. The number of carbonyl (C=O) groups is 1. The molecule has 0 aromatic rings. The van der Waals surface area contributed by atoms with Gasteiger partial charge in [0.1, 0.15) is 0 Å². The molecule has 0 spiro atoms. The third-order valence-electron chi connectivity index (χ3n) is 4.04. The Balaban J connectivity index is 4.43. The number of hydrogen-bond donors (Lipinski definition) is 2. The molecule has 0 bridgehead atoms. The van der Waals surface area contributed by atoms with Gasteiger partial charge in [0.25, 0.3) is 0 Å². The maximum Gasteiger partial charge on any atom is 0.220 e. The zero-order chi connectivity index (χ0) is 13.6. The van der Waals surface area contributed by atoms with Crippen LogP contribution in [-0.2, 0) is 4.79 Å². The van der Waals surface area contributed by atoms with Gasteiger partial charge in [0.2, 0.25) is 5.91 Å². The minimum atomic E-state index is -0.285. The van der Waals surface area contributed by atoms with Crippen LogP contribution >= 0.6 is 0 Å². The summed E-state index contributed by atoms with van der Waals surface area (Å²) < 4.78 is 0. The lowest BCUT2D eigenvalue weighted by Crippen LogP contribution is -2.55. The molecular formula is C14H30N2O. The first-order valence-electron chi connectivity index (χ1n) is 6.77. The van der Waals surface area contributed by atoms with Crippen molar-refractivity contribution in [2.24, 2.45) is 23.5 Å². The Morgan fingerprint density at radius 3 is 2.12 bits per heavy atom. The summed E-state index contributed by atoms with van der Waals surface area (Å²) in [5.74, 6) is 1.49. The number of nitrogens with one attached hydrogen (secondary N) is 1. The Morgan fingerprint density at radius 2 is 1.82 bits per heavy atom. The van der Waals surface area contributed by atoms with Crippen LogP contribution in [0.5, 0.6) is 0 Å². The van der Waals surface area contributed by atoms with E-state index in [2.05, 4.69) is 39.9 Å². The Bertz CT molecular complexity index is 238. The van der Waals surface area contributed by atoms with Gasteiger partial charge in [0.05, 0.1) is 5.54 Å². The molecule has 0 aromatic heterocycles. The van der Waals surface area contributed by atoms with Gasteiger partial charge < -0.3 is 11.1 Å². The lowest BCUT2D eigenvalue weighted by atomic mass is 9.86. The van der Waals surface area contributed by atoms with Gasteiger partial charge in [-0.25, -0.2) is 0 Å². The number of hydrogen-bond acceptors (Lipinski definition) is 2. The van der Waals surface area contributed by atoms with Gasteiger partial charge in [-0.3, -0.25) is 4.79 Å². The first-order valence-corrected chi connectivity index (χ1v) is 6.77. The molecule has 3 heteroatoms. The zero-order valence-corrected chi connectivity index (χ0v) is 12.3. The predicted molar refractivity (Wildman–Crippen MR) is 73.7 cm³/mol. The van der Waals surface area contributed by atoms with Crippen LogP contribution in [0.15, 0.2) is 0 Å². The fourth-order valence-corrected chi connectivity index (χ4v) is 1.89. The Morgan fingerprint density at radius 1 is 1.29 bits per heavy atom. The van der Waals surface area contributed by atoms with Crippen LogP contribution in [0.3, 0.4) is 0 Å². The van der Waals surface area contributed by atoms with Crippen molar-refractivity contribution in [3.8, 4) is 0 Å². The molecular weight excluding hydrogens is 212 g/mol. The third kappa shape index (κ3) is 5.07. The highest BCUT2D eigenvalue weighted by molar-refractivity contribution is 5.77. The van der Waals surface area contributed by atoms with Gasteiger partial charge >= 0.3 is 0 Å². The van der Waals surface area contributed by atoms with Crippen LogP contribution in [0.2, 0.25) is 0 Å². The van der Waals surface area contributed by atoms with Crippen molar-refractivity contribution in [2.75, 3.05) is 6.54 Å². The normalized spacial score (nSPS) is 17.0. The predicted octanol–water partition coefficient (Wildman–Crippen LogP) is 2.55. The molecule has 102 valence electrons. The summed E-state index contributed by atoms with van der Waals surface area (Å²) in [5.41, 5.74) is 5.48. The van der Waals surface area contributed by atoms with Crippen molar-refractivity contribution >= 4 is 5.91 Å². The van der Waals surface area contributed by atoms with Gasteiger partial charge in [0, 0.05) is 13.0 Å². The third-order valence-corrected chi connectivity index (χ3v) is 4.04. The van der Waals surface area contributed by atoms with Gasteiger partial charge in [0.15, 0.2) is 0 Å². The molecule has 2 unspecified atom stereocenters. The van der Waals surface area contributed by atoms with E-state index in [-0.39, 0.29) is 11.4 Å². The Labute approximate surface area is 107 Å². The highest BCUT2D eigenvalue weighted by Crippen LogP contribution is 2.20. The Kier molecular flexibility index (Phi) is 6.76.